The number of aliphatic hydroxyl groups excluding tert-OH is 1. The SMILES string of the molecule is [2H]C1=CCN(C(=O)OC(C)(C)C)[C@H](CO)C1[2H]. The number of rotatable bonds is 1. The lowest BCUT2D eigenvalue weighted by Crippen LogP contribution is -2.46. The van der Waals surface area contributed by atoms with Crippen molar-refractivity contribution in [3.63, 3.8) is 0 Å². The van der Waals surface area contributed by atoms with Crippen LogP contribution in [0, 0.1) is 0 Å². The van der Waals surface area contributed by atoms with Crippen LogP contribution >= 0.6 is 0 Å². The van der Waals surface area contributed by atoms with Crippen molar-refractivity contribution >= 4 is 6.09 Å². The second-order valence-electron chi connectivity index (χ2n) is 4.42. The Morgan fingerprint density at radius 2 is 2.47 bits per heavy atom. The van der Waals surface area contributed by atoms with Gasteiger partial charge in [-0.3, -0.25) is 4.90 Å². The molecule has 86 valence electrons. The van der Waals surface area contributed by atoms with E-state index in [1.165, 1.54) is 11.0 Å². The van der Waals surface area contributed by atoms with Gasteiger partial charge in [-0.2, -0.15) is 0 Å². The minimum Gasteiger partial charge on any atom is -0.444 e. The normalized spacial score (nSPS) is 29.1. The molecule has 1 amide bonds. The van der Waals surface area contributed by atoms with E-state index in [1.54, 1.807) is 20.8 Å². The van der Waals surface area contributed by atoms with Crippen molar-refractivity contribution in [3.8, 4) is 0 Å². The standard InChI is InChI=1S/C11H19NO3/c1-11(2,3)15-10(14)12-7-5-4-6-9(12)8-13/h4-5,9,13H,6-8H2,1-3H3/t9-/m0/s1/i4D,6D/t6?,9-. The highest BCUT2D eigenvalue weighted by Gasteiger charge is 2.27. The zero-order valence-electron chi connectivity index (χ0n) is 11.4. The molecule has 0 saturated heterocycles. The molecule has 0 aromatic heterocycles. The van der Waals surface area contributed by atoms with Crippen LogP contribution in [-0.4, -0.2) is 40.9 Å². The van der Waals surface area contributed by atoms with Crippen molar-refractivity contribution in [2.24, 2.45) is 0 Å². The average molecular weight is 215 g/mol. The van der Waals surface area contributed by atoms with Crippen LogP contribution in [0.3, 0.4) is 0 Å². The fraction of sp³-hybridized carbons (Fsp3) is 0.727. The first-order chi connectivity index (χ1) is 7.76. The number of carbonyl (C=O) groups excluding carboxylic acids is 1. The number of aliphatic hydroxyl groups is 1. The molecule has 15 heavy (non-hydrogen) atoms. The second kappa shape index (κ2) is 4.66. The predicted molar refractivity (Wildman–Crippen MR) is 57.6 cm³/mol. The average Bonchev–Trinajstić information content (AvgIpc) is 2.19. The van der Waals surface area contributed by atoms with Gasteiger partial charge in [0.2, 0.25) is 0 Å². The number of amides is 1. The molecule has 0 aromatic carbocycles. The molecule has 1 heterocycles. The van der Waals surface area contributed by atoms with Crippen LogP contribution < -0.4 is 0 Å². The van der Waals surface area contributed by atoms with E-state index >= 15 is 0 Å². The number of hydrogen-bond donors (Lipinski definition) is 1. The smallest absolute Gasteiger partial charge is 0.410 e. The molecule has 0 saturated carbocycles. The summed E-state index contributed by atoms with van der Waals surface area (Å²) in [6, 6.07) is -0.578. The summed E-state index contributed by atoms with van der Waals surface area (Å²) in [7, 11) is 0. The van der Waals surface area contributed by atoms with E-state index < -0.39 is 24.1 Å². The first kappa shape index (κ1) is 9.21. The van der Waals surface area contributed by atoms with Gasteiger partial charge in [-0.05, 0) is 27.2 Å². The highest BCUT2D eigenvalue weighted by molar-refractivity contribution is 5.69. The third-order valence-corrected chi connectivity index (χ3v) is 1.91. The maximum atomic E-state index is 11.9. The Kier molecular flexibility index (Phi) is 2.86. The van der Waals surface area contributed by atoms with Crippen molar-refractivity contribution < 1.29 is 17.4 Å². The van der Waals surface area contributed by atoms with Gasteiger partial charge in [0.1, 0.15) is 5.60 Å². The van der Waals surface area contributed by atoms with Crippen LogP contribution in [0.25, 0.3) is 0 Å². The zero-order chi connectivity index (χ0) is 13.2. The van der Waals surface area contributed by atoms with Crippen LogP contribution in [0.15, 0.2) is 12.1 Å². The molecule has 1 aliphatic heterocycles. The quantitative estimate of drug-likeness (QED) is 0.675. The van der Waals surface area contributed by atoms with E-state index in [4.69, 9.17) is 7.48 Å². The fourth-order valence-corrected chi connectivity index (χ4v) is 1.24. The molecule has 0 bridgehead atoms. The van der Waals surface area contributed by atoms with Gasteiger partial charge in [-0.25, -0.2) is 4.79 Å². The van der Waals surface area contributed by atoms with Gasteiger partial charge in [0.15, 0.2) is 0 Å². The number of carbonyl (C=O) groups is 1. The summed E-state index contributed by atoms with van der Waals surface area (Å²) in [6.45, 7) is 5.13. The summed E-state index contributed by atoms with van der Waals surface area (Å²) in [6.07, 6.45) is 0.0205. The Labute approximate surface area is 93.3 Å². The first-order valence-corrected chi connectivity index (χ1v) is 4.95. The summed E-state index contributed by atoms with van der Waals surface area (Å²) in [4.78, 5) is 13.1. The van der Waals surface area contributed by atoms with Crippen LogP contribution in [0.1, 0.15) is 29.9 Å². The van der Waals surface area contributed by atoms with Gasteiger partial charge in [-0.1, -0.05) is 12.1 Å². The Balaban J connectivity index is 2.80. The lowest BCUT2D eigenvalue weighted by atomic mass is 10.1. The van der Waals surface area contributed by atoms with E-state index in [9.17, 15) is 9.90 Å². The van der Waals surface area contributed by atoms with Gasteiger partial charge in [0, 0.05) is 7.92 Å². The summed E-state index contributed by atoms with van der Waals surface area (Å²) in [5, 5.41) is 9.22. The van der Waals surface area contributed by atoms with Crippen LogP contribution in [0.4, 0.5) is 4.79 Å². The van der Waals surface area contributed by atoms with Crippen molar-refractivity contribution in [1.82, 2.24) is 4.90 Å². The van der Waals surface area contributed by atoms with Crippen molar-refractivity contribution in [2.75, 3.05) is 13.2 Å². The summed E-state index contributed by atoms with van der Waals surface area (Å²) in [5.74, 6) is 0. The third kappa shape index (κ3) is 3.55. The molecule has 0 spiro atoms. The van der Waals surface area contributed by atoms with Crippen molar-refractivity contribution in [1.29, 1.82) is 0 Å². The van der Waals surface area contributed by atoms with Gasteiger partial charge >= 0.3 is 6.09 Å². The largest absolute Gasteiger partial charge is 0.444 e. The monoisotopic (exact) mass is 215 g/mol. The zero-order valence-corrected chi connectivity index (χ0v) is 9.36. The molecule has 0 fully saturated rings. The Morgan fingerprint density at radius 1 is 1.80 bits per heavy atom. The molecule has 0 radical (unpaired) electrons. The van der Waals surface area contributed by atoms with E-state index in [0.29, 0.717) is 0 Å². The molecule has 4 heteroatoms. The first-order valence-electron chi connectivity index (χ1n) is 6.03. The minimum atomic E-state index is -0.915. The summed E-state index contributed by atoms with van der Waals surface area (Å²) in [5.41, 5.74) is -0.612. The van der Waals surface area contributed by atoms with Crippen molar-refractivity contribution in [2.45, 2.75) is 38.8 Å². The lowest BCUT2D eigenvalue weighted by Gasteiger charge is -2.33. The van der Waals surface area contributed by atoms with Gasteiger partial charge in [0.05, 0.1) is 14.0 Å². The van der Waals surface area contributed by atoms with E-state index in [2.05, 4.69) is 0 Å². The molecule has 4 nitrogen and oxygen atoms in total. The highest BCUT2D eigenvalue weighted by Crippen LogP contribution is 2.16. The second-order valence-corrected chi connectivity index (χ2v) is 4.42. The number of nitrogens with zero attached hydrogens (tertiary/aromatic N) is 1. The van der Waals surface area contributed by atoms with E-state index in [0.717, 1.165) is 0 Å². The molecule has 2 atom stereocenters. The molecule has 0 aromatic rings. The predicted octanol–water partition coefficient (Wildman–Crippen LogP) is 1.54. The number of hydrogen-bond acceptors (Lipinski definition) is 3. The molecule has 1 N–H and O–H groups in total. The van der Waals surface area contributed by atoms with Gasteiger partial charge in [-0.15, -0.1) is 0 Å². The van der Waals surface area contributed by atoms with Gasteiger partial charge in [0.25, 0.3) is 0 Å². The van der Waals surface area contributed by atoms with Gasteiger partial charge < -0.3 is 9.84 Å². The Bertz CT molecular complexity index is 325. The summed E-state index contributed by atoms with van der Waals surface area (Å²) >= 11 is 0. The van der Waals surface area contributed by atoms with Crippen molar-refractivity contribution in [3.05, 3.63) is 12.1 Å². The van der Waals surface area contributed by atoms with Crippen LogP contribution in [0.5, 0.6) is 0 Å². The molecule has 1 rings (SSSR count). The Morgan fingerprint density at radius 3 is 3.00 bits per heavy atom. The van der Waals surface area contributed by atoms with E-state index in [-0.39, 0.29) is 19.2 Å². The van der Waals surface area contributed by atoms with Crippen LogP contribution in [0.2, 0.25) is 0 Å². The molecule has 1 unspecified atom stereocenters. The Hall–Kier alpha value is -1.03. The molecule has 0 aliphatic carbocycles. The maximum Gasteiger partial charge on any atom is 0.410 e. The fourth-order valence-electron chi connectivity index (χ4n) is 1.24. The number of ether oxygens (including phenoxy) is 1. The third-order valence-electron chi connectivity index (χ3n) is 1.91. The maximum absolute atomic E-state index is 11.9. The van der Waals surface area contributed by atoms with E-state index in [1.807, 2.05) is 0 Å². The lowest BCUT2D eigenvalue weighted by molar-refractivity contribution is 0.0114. The molecular formula is C11H19NO3. The summed E-state index contributed by atoms with van der Waals surface area (Å²) < 4.78 is 20.4. The topological polar surface area (TPSA) is 49.8 Å². The molecular weight excluding hydrogens is 194 g/mol. The minimum absolute atomic E-state index is 0.129. The highest BCUT2D eigenvalue weighted by atomic mass is 16.6. The van der Waals surface area contributed by atoms with Crippen LogP contribution in [-0.2, 0) is 4.74 Å². The molecule has 1 aliphatic rings.